The van der Waals surface area contributed by atoms with E-state index in [1.807, 2.05) is 30.0 Å². The van der Waals surface area contributed by atoms with Gasteiger partial charge in [-0.05, 0) is 34.2 Å². The van der Waals surface area contributed by atoms with Gasteiger partial charge >= 0.3 is 0 Å². The van der Waals surface area contributed by atoms with Crippen LogP contribution in [0.1, 0.15) is 11.6 Å². The molecule has 6 heteroatoms. The molecule has 4 rings (SSSR count). The fourth-order valence-electron chi connectivity index (χ4n) is 2.54. The Balaban J connectivity index is 1.67. The number of rotatable bonds is 3. The van der Waals surface area contributed by atoms with Crippen molar-refractivity contribution in [2.24, 2.45) is 0 Å². The Hall–Kier alpha value is -2.34. The van der Waals surface area contributed by atoms with Crippen LogP contribution in [0.5, 0.6) is 0 Å². The van der Waals surface area contributed by atoms with Crippen molar-refractivity contribution in [2.75, 3.05) is 11.1 Å². The van der Waals surface area contributed by atoms with E-state index in [4.69, 9.17) is 0 Å². The van der Waals surface area contributed by atoms with Gasteiger partial charge in [-0.25, -0.2) is 0 Å². The number of thioether (sulfide) groups is 1. The van der Waals surface area contributed by atoms with Crippen LogP contribution in [0.25, 0.3) is 5.69 Å². The summed E-state index contributed by atoms with van der Waals surface area (Å²) in [6, 6.07) is 16.9. The predicted octanol–water partition coefficient (Wildman–Crippen LogP) is 2.92. The lowest BCUT2D eigenvalue weighted by Crippen LogP contribution is -2.12. The van der Waals surface area contributed by atoms with Crippen LogP contribution >= 0.6 is 11.8 Å². The van der Waals surface area contributed by atoms with Gasteiger partial charge < -0.3 is 5.32 Å². The fourth-order valence-corrected chi connectivity index (χ4v) is 3.70. The van der Waals surface area contributed by atoms with E-state index >= 15 is 0 Å². The zero-order valence-corrected chi connectivity index (χ0v) is 12.0. The monoisotopic (exact) mass is 295 g/mol. The van der Waals surface area contributed by atoms with Crippen LogP contribution in [0, 0.1) is 0 Å². The molecule has 2 heterocycles. The van der Waals surface area contributed by atoms with Gasteiger partial charge in [0.15, 0.2) is 0 Å². The summed E-state index contributed by atoms with van der Waals surface area (Å²) in [7, 11) is 0. The number of aromatic nitrogens is 4. The van der Waals surface area contributed by atoms with Gasteiger partial charge in [-0.1, -0.05) is 30.3 Å². The minimum atomic E-state index is 0.309. The van der Waals surface area contributed by atoms with E-state index in [0.717, 1.165) is 17.1 Å². The Morgan fingerprint density at radius 2 is 1.95 bits per heavy atom. The van der Waals surface area contributed by atoms with Crippen LogP contribution in [0.2, 0.25) is 0 Å². The standard InChI is InChI=1S/C15H13N5S/c1-4-8-15-11(5-1)13(9-21-15)17-12-6-2-3-7-14(12)20-10-16-18-19-20/h1-8,10,13,17H,9H2. The van der Waals surface area contributed by atoms with Crippen molar-refractivity contribution in [1.29, 1.82) is 0 Å². The molecule has 1 unspecified atom stereocenters. The molecule has 0 aliphatic carbocycles. The van der Waals surface area contributed by atoms with Crippen LogP contribution < -0.4 is 5.32 Å². The lowest BCUT2D eigenvalue weighted by atomic mass is 10.1. The average Bonchev–Trinajstić information content (AvgIpc) is 3.18. The fraction of sp³-hybridized carbons (Fsp3) is 0.133. The molecule has 0 saturated heterocycles. The van der Waals surface area contributed by atoms with Crippen molar-refractivity contribution in [3.63, 3.8) is 0 Å². The molecular weight excluding hydrogens is 282 g/mol. The second kappa shape index (κ2) is 5.21. The lowest BCUT2D eigenvalue weighted by Gasteiger charge is -2.17. The van der Waals surface area contributed by atoms with Gasteiger partial charge in [0, 0.05) is 10.6 Å². The maximum atomic E-state index is 3.98. The first-order valence-corrected chi connectivity index (χ1v) is 7.71. The van der Waals surface area contributed by atoms with E-state index in [9.17, 15) is 0 Å². The first-order valence-electron chi connectivity index (χ1n) is 6.72. The molecule has 1 aliphatic heterocycles. The van der Waals surface area contributed by atoms with Gasteiger partial charge in [0.2, 0.25) is 0 Å². The largest absolute Gasteiger partial charge is 0.376 e. The van der Waals surface area contributed by atoms with Gasteiger partial charge in [0.1, 0.15) is 6.33 Å². The highest BCUT2D eigenvalue weighted by Crippen LogP contribution is 2.40. The zero-order valence-electron chi connectivity index (χ0n) is 11.2. The minimum Gasteiger partial charge on any atom is -0.376 e. The molecule has 2 aromatic carbocycles. The van der Waals surface area contributed by atoms with Crippen molar-refractivity contribution < 1.29 is 0 Å². The summed E-state index contributed by atoms with van der Waals surface area (Å²) in [5, 5.41) is 15.0. The molecule has 0 amide bonds. The molecule has 3 aromatic rings. The van der Waals surface area contributed by atoms with Gasteiger partial charge in [0.25, 0.3) is 0 Å². The van der Waals surface area contributed by atoms with Crippen LogP contribution in [0.3, 0.4) is 0 Å². The van der Waals surface area contributed by atoms with Crippen molar-refractivity contribution in [3.8, 4) is 5.69 Å². The molecule has 0 bridgehead atoms. The van der Waals surface area contributed by atoms with E-state index in [-0.39, 0.29) is 0 Å². The molecule has 21 heavy (non-hydrogen) atoms. The summed E-state index contributed by atoms with van der Waals surface area (Å²) < 4.78 is 1.68. The number of nitrogens with one attached hydrogen (secondary N) is 1. The highest BCUT2D eigenvalue weighted by molar-refractivity contribution is 7.99. The number of para-hydroxylation sites is 2. The van der Waals surface area contributed by atoms with Gasteiger partial charge in [-0.2, -0.15) is 4.68 Å². The summed E-state index contributed by atoms with van der Waals surface area (Å²) in [5.41, 5.74) is 3.35. The Morgan fingerprint density at radius 1 is 1.10 bits per heavy atom. The number of hydrogen-bond acceptors (Lipinski definition) is 5. The van der Waals surface area contributed by atoms with E-state index in [1.54, 1.807) is 11.0 Å². The second-order valence-electron chi connectivity index (χ2n) is 4.82. The summed E-state index contributed by atoms with van der Waals surface area (Å²) in [4.78, 5) is 1.36. The number of fused-ring (bicyclic) bond motifs is 1. The quantitative estimate of drug-likeness (QED) is 0.805. The Bertz CT molecular complexity index is 756. The summed E-state index contributed by atoms with van der Waals surface area (Å²) in [5.74, 6) is 1.03. The first kappa shape index (κ1) is 12.4. The average molecular weight is 295 g/mol. The number of benzene rings is 2. The highest BCUT2D eigenvalue weighted by atomic mass is 32.2. The maximum absolute atomic E-state index is 3.98. The normalized spacial score (nSPS) is 16.7. The molecule has 1 aliphatic rings. The number of nitrogens with zero attached hydrogens (tertiary/aromatic N) is 4. The van der Waals surface area contributed by atoms with Crippen LogP contribution in [-0.2, 0) is 0 Å². The smallest absolute Gasteiger partial charge is 0.143 e. The van der Waals surface area contributed by atoms with Gasteiger partial charge in [-0.15, -0.1) is 16.9 Å². The van der Waals surface area contributed by atoms with Crippen molar-refractivity contribution in [2.45, 2.75) is 10.9 Å². The summed E-state index contributed by atoms with van der Waals surface area (Å²) in [6.07, 6.45) is 1.61. The number of tetrazole rings is 1. The molecule has 0 spiro atoms. The third-order valence-corrected chi connectivity index (χ3v) is 4.71. The molecule has 1 N–H and O–H groups in total. The third-order valence-electron chi connectivity index (χ3n) is 3.53. The van der Waals surface area contributed by atoms with Crippen molar-refractivity contribution in [1.82, 2.24) is 20.2 Å². The topological polar surface area (TPSA) is 55.6 Å². The lowest BCUT2D eigenvalue weighted by molar-refractivity contribution is 0.786. The summed E-state index contributed by atoms with van der Waals surface area (Å²) >= 11 is 1.89. The van der Waals surface area contributed by atoms with Gasteiger partial charge in [-0.3, -0.25) is 0 Å². The number of anilines is 1. The molecule has 0 saturated carbocycles. The SMILES string of the molecule is c1ccc(-n2cnnn2)c(NC2CSc3ccccc32)c1. The third kappa shape index (κ3) is 2.27. The maximum Gasteiger partial charge on any atom is 0.143 e. The van der Waals surface area contributed by atoms with Crippen molar-refractivity contribution >= 4 is 17.4 Å². The minimum absolute atomic E-state index is 0.309. The molecule has 1 atom stereocenters. The zero-order chi connectivity index (χ0) is 14.1. The number of hydrogen-bond donors (Lipinski definition) is 1. The first-order chi connectivity index (χ1) is 10.4. The highest BCUT2D eigenvalue weighted by Gasteiger charge is 2.23. The second-order valence-corrected chi connectivity index (χ2v) is 5.88. The molecule has 5 nitrogen and oxygen atoms in total. The molecule has 1 aromatic heterocycles. The van der Waals surface area contributed by atoms with E-state index < -0.39 is 0 Å². The molecular formula is C15H13N5S. The molecule has 0 radical (unpaired) electrons. The van der Waals surface area contributed by atoms with E-state index in [1.165, 1.54) is 10.5 Å². The van der Waals surface area contributed by atoms with Crippen LogP contribution in [0.15, 0.2) is 59.8 Å². The Labute approximate surface area is 126 Å². The van der Waals surface area contributed by atoms with E-state index in [0.29, 0.717) is 6.04 Å². The van der Waals surface area contributed by atoms with Gasteiger partial charge in [0.05, 0.1) is 17.4 Å². The molecule has 104 valence electrons. The van der Waals surface area contributed by atoms with Crippen LogP contribution in [0.4, 0.5) is 5.69 Å². The molecule has 0 fully saturated rings. The van der Waals surface area contributed by atoms with Crippen molar-refractivity contribution in [3.05, 3.63) is 60.4 Å². The van der Waals surface area contributed by atoms with Crippen LogP contribution in [-0.4, -0.2) is 26.0 Å². The summed E-state index contributed by atoms with van der Waals surface area (Å²) in [6.45, 7) is 0. The Kier molecular flexibility index (Phi) is 3.08. The Morgan fingerprint density at radius 3 is 2.86 bits per heavy atom. The predicted molar refractivity (Wildman–Crippen MR) is 82.7 cm³/mol. The van der Waals surface area contributed by atoms with E-state index in [2.05, 4.69) is 51.2 Å².